The zero-order chi connectivity index (χ0) is 26.0. The van der Waals surface area contributed by atoms with Crippen molar-refractivity contribution < 1.29 is 35.9 Å². The number of alkyl halides is 6. The van der Waals surface area contributed by atoms with Crippen LogP contribution in [-0.2, 0) is 17.1 Å². The van der Waals surface area contributed by atoms with E-state index in [1.165, 1.54) is 23.6 Å². The largest absolute Gasteiger partial charge is 0.493 e. The predicted molar refractivity (Wildman–Crippen MR) is 123 cm³/mol. The number of amidine groups is 1. The first kappa shape index (κ1) is 27.5. The lowest BCUT2D eigenvalue weighted by atomic mass is 10.0. The summed E-state index contributed by atoms with van der Waals surface area (Å²) in [6, 6.07) is 5.15. The van der Waals surface area contributed by atoms with Crippen molar-refractivity contribution in [2.45, 2.75) is 31.7 Å². The number of ether oxygens (including phenoxy) is 1. The van der Waals surface area contributed by atoms with Gasteiger partial charge in [0, 0.05) is 25.6 Å². The molecular weight excluding hydrogens is 541 g/mol. The molecule has 0 radical (unpaired) electrons. The molecule has 0 aliphatic carbocycles. The van der Waals surface area contributed by atoms with Crippen molar-refractivity contribution in [3.05, 3.63) is 63.1 Å². The Morgan fingerprint density at radius 2 is 1.74 bits per heavy atom. The lowest BCUT2D eigenvalue weighted by Crippen LogP contribution is -2.29. The molecule has 3 rings (SSSR count). The second kappa shape index (κ2) is 10.9. The lowest BCUT2D eigenvalue weighted by molar-refractivity contribution is -0.143. The molecule has 1 unspecified atom stereocenters. The van der Waals surface area contributed by atoms with Crippen LogP contribution in [0.15, 0.2) is 41.4 Å². The molecule has 2 aromatic rings. The zero-order valence-electron chi connectivity index (χ0n) is 18.0. The minimum atomic E-state index is -4.99. The smallest absolute Gasteiger partial charge is 0.416 e. The standard InChI is InChI=1S/C22H18Cl2F6N2O2S/c1-12(33)32-6-8-35-20(32)31-18(16-3-2-4-17(23)19(16)24)5-7-34-15-10-13(21(25,26)27)9-14(11-15)22(28,29)30/h2-4,9-11,18H,5-8H2,1H3. The maximum Gasteiger partial charge on any atom is 0.416 e. The Hall–Kier alpha value is -2.11. The molecule has 0 bridgehead atoms. The molecule has 1 amide bonds. The summed E-state index contributed by atoms with van der Waals surface area (Å²) in [6.07, 6.45) is -9.94. The van der Waals surface area contributed by atoms with Crippen LogP contribution in [0.1, 0.15) is 36.1 Å². The van der Waals surface area contributed by atoms with Crippen LogP contribution in [0.25, 0.3) is 0 Å². The van der Waals surface area contributed by atoms with E-state index < -0.39 is 35.3 Å². The van der Waals surface area contributed by atoms with Gasteiger partial charge in [0.1, 0.15) is 5.75 Å². The average molecular weight is 559 g/mol. The van der Waals surface area contributed by atoms with Gasteiger partial charge in [-0.15, -0.1) is 0 Å². The molecule has 4 nitrogen and oxygen atoms in total. The number of thioether (sulfide) groups is 1. The molecule has 0 saturated carbocycles. The fourth-order valence-electron chi connectivity index (χ4n) is 3.30. The SMILES string of the molecule is CC(=O)N1CCSC1=NC(CCOc1cc(C(F)(F)F)cc(C(F)(F)F)c1)c1cccc(Cl)c1Cl. The van der Waals surface area contributed by atoms with E-state index in [2.05, 4.69) is 4.99 Å². The predicted octanol–water partition coefficient (Wildman–Crippen LogP) is 7.49. The van der Waals surface area contributed by atoms with E-state index >= 15 is 0 Å². The van der Waals surface area contributed by atoms with Crippen molar-refractivity contribution in [1.29, 1.82) is 0 Å². The number of benzene rings is 2. The van der Waals surface area contributed by atoms with Crippen LogP contribution in [0, 0.1) is 0 Å². The summed E-state index contributed by atoms with van der Waals surface area (Å²) in [6.45, 7) is 1.56. The third-order valence-electron chi connectivity index (χ3n) is 4.99. The van der Waals surface area contributed by atoms with Crippen LogP contribution in [-0.4, -0.2) is 34.9 Å². The summed E-state index contributed by atoms with van der Waals surface area (Å²) in [5.74, 6) is -0.184. The van der Waals surface area contributed by atoms with E-state index in [1.54, 1.807) is 18.2 Å². The molecule has 0 N–H and O–H groups in total. The van der Waals surface area contributed by atoms with E-state index in [-0.39, 0.29) is 35.0 Å². The van der Waals surface area contributed by atoms with Crippen molar-refractivity contribution in [2.24, 2.45) is 4.99 Å². The molecule has 1 atom stereocenters. The molecule has 190 valence electrons. The second-order valence-electron chi connectivity index (χ2n) is 7.47. The molecule has 13 heteroatoms. The number of nitrogens with zero attached hydrogens (tertiary/aromatic N) is 2. The van der Waals surface area contributed by atoms with E-state index in [0.717, 1.165) is 0 Å². The van der Waals surface area contributed by atoms with E-state index in [4.69, 9.17) is 27.9 Å². The number of carbonyl (C=O) groups is 1. The highest BCUT2D eigenvalue weighted by Crippen LogP contribution is 2.39. The summed E-state index contributed by atoms with van der Waals surface area (Å²) in [7, 11) is 0. The van der Waals surface area contributed by atoms with Gasteiger partial charge in [-0.05, 0) is 29.8 Å². The van der Waals surface area contributed by atoms with Gasteiger partial charge in [-0.2, -0.15) is 26.3 Å². The summed E-state index contributed by atoms with van der Waals surface area (Å²) in [4.78, 5) is 18.0. The Morgan fingerprint density at radius 3 is 2.31 bits per heavy atom. The van der Waals surface area contributed by atoms with Gasteiger partial charge in [0.15, 0.2) is 5.17 Å². The molecule has 0 aromatic heterocycles. The second-order valence-corrected chi connectivity index (χ2v) is 9.32. The van der Waals surface area contributed by atoms with E-state index in [9.17, 15) is 31.1 Å². The van der Waals surface area contributed by atoms with Crippen LogP contribution in [0.5, 0.6) is 5.75 Å². The minimum Gasteiger partial charge on any atom is -0.493 e. The van der Waals surface area contributed by atoms with Crippen LogP contribution in [0.3, 0.4) is 0 Å². The molecule has 1 aliphatic heterocycles. The highest BCUT2D eigenvalue weighted by molar-refractivity contribution is 8.14. The number of aliphatic imine (C=N–C) groups is 1. The van der Waals surface area contributed by atoms with Crippen LogP contribution < -0.4 is 4.74 Å². The van der Waals surface area contributed by atoms with Gasteiger partial charge < -0.3 is 4.74 Å². The summed E-state index contributed by atoms with van der Waals surface area (Å²) < 4.78 is 84.0. The number of halogens is 8. The van der Waals surface area contributed by atoms with E-state index in [0.29, 0.717) is 35.2 Å². The molecule has 2 aromatic carbocycles. The van der Waals surface area contributed by atoms with Crippen LogP contribution >= 0.6 is 35.0 Å². The molecule has 35 heavy (non-hydrogen) atoms. The Bertz CT molecular complexity index is 1090. The van der Waals surface area contributed by atoms with Gasteiger partial charge in [0.25, 0.3) is 0 Å². The molecule has 0 spiro atoms. The maximum absolute atomic E-state index is 13.1. The lowest BCUT2D eigenvalue weighted by Gasteiger charge is -2.20. The van der Waals surface area contributed by atoms with Crippen molar-refractivity contribution in [2.75, 3.05) is 18.9 Å². The first-order valence-electron chi connectivity index (χ1n) is 10.1. The summed E-state index contributed by atoms with van der Waals surface area (Å²) in [5, 5.41) is 0.863. The van der Waals surface area contributed by atoms with Crippen LogP contribution in [0.4, 0.5) is 26.3 Å². The third-order valence-corrected chi connectivity index (χ3v) is 6.79. The maximum atomic E-state index is 13.1. The van der Waals surface area contributed by atoms with Gasteiger partial charge >= 0.3 is 12.4 Å². The zero-order valence-corrected chi connectivity index (χ0v) is 20.3. The topological polar surface area (TPSA) is 41.9 Å². The van der Waals surface area contributed by atoms with Gasteiger partial charge in [-0.1, -0.05) is 47.1 Å². The first-order chi connectivity index (χ1) is 16.3. The van der Waals surface area contributed by atoms with Crippen LogP contribution in [0.2, 0.25) is 10.0 Å². The fraction of sp³-hybridized carbons (Fsp3) is 0.364. The molecule has 1 saturated heterocycles. The van der Waals surface area contributed by atoms with Crippen molar-refractivity contribution in [1.82, 2.24) is 4.90 Å². The number of carbonyl (C=O) groups excluding carboxylic acids is 1. The Labute approximate surface area is 211 Å². The molecular formula is C22H18Cl2F6N2O2S. The Morgan fingerprint density at radius 1 is 1.11 bits per heavy atom. The van der Waals surface area contributed by atoms with Gasteiger partial charge in [0.05, 0.1) is 33.8 Å². The number of rotatable bonds is 6. The number of hydrogen-bond donors (Lipinski definition) is 0. The quantitative estimate of drug-likeness (QED) is 0.345. The molecule has 1 fully saturated rings. The van der Waals surface area contributed by atoms with Gasteiger partial charge in [0.2, 0.25) is 5.91 Å². The normalized spacial score (nSPS) is 16.6. The van der Waals surface area contributed by atoms with Gasteiger partial charge in [-0.3, -0.25) is 14.7 Å². The molecule has 1 aliphatic rings. The summed E-state index contributed by atoms with van der Waals surface area (Å²) >= 11 is 13.8. The first-order valence-corrected chi connectivity index (χ1v) is 11.9. The van der Waals surface area contributed by atoms with Crippen molar-refractivity contribution in [3.63, 3.8) is 0 Å². The number of hydrogen-bond acceptors (Lipinski definition) is 4. The highest BCUT2D eigenvalue weighted by Gasteiger charge is 2.37. The average Bonchev–Trinajstić information content (AvgIpc) is 3.22. The summed E-state index contributed by atoms with van der Waals surface area (Å²) in [5.41, 5.74) is -2.47. The Balaban J connectivity index is 1.88. The highest BCUT2D eigenvalue weighted by atomic mass is 35.5. The third kappa shape index (κ3) is 6.98. The van der Waals surface area contributed by atoms with Crippen molar-refractivity contribution >= 4 is 46.0 Å². The number of amides is 1. The van der Waals surface area contributed by atoms with Crippen molar-refractivity contribution in [3.8, 4) is 5.75 Å². The minimum absolute atomic E-state index is 0.0288. The fourth-order valence-corrected chi connectivity index (χ4v) is 4.77. The Kier molecular flexibility index (Phi) is 8.54. The molecule has 1 heterocycles. The van der Waals surface area contributed by atoms with Gasteiger partial charge in [-0.25, -0.2) is 0 Å². The van der Waals surface area contributed by atoms with E-state index in [1.807, 2.05) is 0 Å². The monoisotopic (exact) mass is 558 g/mol.